The summed E-state index contributed by atoms with van der Waals surface area (Å²) >= 11 is 0. The van der Waals surface area contributed by atoms with E-state index in [4.69, 9.17) is 14.2 Å². The Kier molecular flexibility index (Phi) is 68.6. The highest BCUT2D eigenvalue weighted by Gasteiger charge is 2.19. The fourth-order valence-corrected chi connectivity index (χ4v) is 11.0. The van der Waals surface area contributed by atoms with Gasteiger partial charge in [-0.1, -0.05) is 333 Å². The number of ether oxygens (including phenoxy) is 3. The molecule has 82 heavy (non-hydrogen) atoms. The van der Waals surface area contributed by atoms with Gasteiger partial charge in [-0.05, 0) is 96.3 Å². The molecular formula is C76H140O6. The maximum atomic E-state index is 13.0. The third-order valence-electron chi connectivity index (χ3n) is 16.5. The third-order valence-corrected chi connectivity index (χ3v) is 16.5. The van der Waals surface area contributed by atoms with Gasteiger partial charge in [0, 0.05) is 19.3 Å². The van der Waals surface area contributed by atoms with E-state index in [1.54, 1.807) is 0 Å². The van der Waals surface area contributed by atoms with Gasteiger partial charge in [-0.3, -0.25) is 14.4 Å². The fourth-order valence-electron chi connectivity index (χ4n) is 11.0. The van der Waals surface area contributed by atoms with Crippen LogP contribution in [0.1, 0.15) is 400 Å². The van der Waals surface area contributed by atoms with Crippen molar-refractivity contribution in [3.05, 3.63) is 48.6 Å². The lowest BCUT2D eigenvalue weighted by Crippen LogP contribution is -2.30. The van der Waals surface area contributed by atoms with Crippen molar-refractivity contribution in [3.63, 3.8) is 0 Å². The third kappa shape index (κ3) is 68.2. The normalized spacial score (nSPS) is 12.3. The zero-order valence-electron chi connectivity index (χ0n) is 55.3. The van der Waals surface area contributed by atoms with Crippen LogP contribution in [-0.2, 0) is 28.6 Å². The van der Waals surface area contributed by atoms with Crippen LogP contribution in [0.3, 0.4) is 0 Å². The summed E-state index contributed by atoms with van der Waals surface area (Å²) in [5, 5.41) is 0. The van der Waals surface area contributed by atoms with Gasteiger partial charge in [-0.15, -0.1) is 0 Å². The lowest BCUT2D eigenvalue weighted by molar-refractivity contribution is -0.167. The number of allylic oxidation sites excluding steroid dienone is 8. The Bertz CT molecular complexity index is 1410. The van der Waals surface area contributed by atoms with Gasteiger partial charge in [0.15, 0.2) is 6.10 Å². The molecule has 0 aromatic rings. The van der Waals surface area contributed by atoms with E-state index in [1.165, 1.54) is 283 Å². The first-order valence-corrected chi connectivity index (χ1v) is 36.6. The molecule has 6 nitrogen and oxygen atoms in total. The molecule has 0 aromatic carbocycles. The highest BCUT2D eigenvalue weighted by Crippen LogP contribution is 2.18. The molecule has 0 radical (unpaired) electrons. The van der Waals surface area contributed by atoms with Crippen LogP contribution >= 0.6 is 0 Å². The molecule has 1 atom stereocenters. The molecule has 0 rings (SSSR count). The van der Waals surface area contributed by atoms with E-state index in [2.05, 4.69) is 69.4 Å². The molecule has 0 heterocycles. The van der Waals surface area contributed by atoms with Crippen LogP contribution in [0.25, 0.3) is 0 Å². The maximum Gasteiger partial charge on any atom is 0.306 e. The van der Waals surface area contributed by atoms with Gasteiger partial charge < -0.3 is 14.2 Å². The van der Waals surface area contributed by atoms with Crippen molar-refractivity contribution in [2.75, 3.05) is 13.2 Å². The van der Waals surface area contributed by atoms with Gasteiger partial charge in [0.2, 0.25) is 0 Å². The van der Waals surface area contributed by atoms with Gasteiger partial charge in [-0.25, -0.2) is 0 Å². The molecule has 0 saturated heterocycles. The van der Waals surface area contributed by atoms with Gasteiger partial charge in [0.05, 0.1) is 0 Å². The summed E-state index contributed by atoms with van der Waals surface area (Å²) in [6.07, 6.45) is 90.1. The second-order valence-electron chi connectivity index (χ2n) is 24.8. The second-order valence-corrected chi connectivity index (χ2v) is 24.8. The smallest absolute Gasteiger partial charge is 0.306 e. The number of carbonyl (C=O) groups excluding carboxylic acids is 3. The number of rotatable bonds is 68. The molecule has 0 aliphatic heterocycles. The maximum absolute atomic E-state index is 13.0. The van der Waals surface area contributed by atoms with Crippen molar-refractivity contribution in [2.24, 2.45) is 0 Å². The molecule has 0 N–H and O–H groups in total. The quantitative estimate of drug-likeness (QED) is 0.0261. The zero-order valence-corrected chi connectivity index (χ0v) is 55.3. The minimum Gasteiger partial charge on any atom is -0.462 e. The average Bonchev–Trinajstić information content (AvgIpc) is 3.48. The van der Waals surface area contributed by atoms with E-state index in [-0.39, 0.29) is 31.1 Å². The van der Waals surface area contributed by atoms with Crippen molar-refractivity contribution in [1.29, 1.82) is 0 Å². The average molecular weight is 1150 g/mol. The predicted octanol–water partition coefficient (Wildman–Crippen LogP) is 25.3. The monoisotopic (exact) mass is 1150 g/mol. The van der Waals surface area contributed by atoms with Crippen LogP contribution in [0.2, 0.25) is 0 Å². The van der Waals surface area contributed by atoms with Gasteiger partial charge in [-0.2, -0.15) is 0 Å². The van der Waals surface area contributed by atoms with E-state index in [1.807, 2.05) is 0 Å². The number of carbonyl (C=O) groups is 3. The molecular weight excluding hydrogens is 1010 g/mol. The summed E-state index contributed by atoms with van der Waals surface area (Å²) in [5.41, 5.74) is 0. The number of hydrogen-bond acceptors (Lipinski definition) is 6. The van der Waals surface area contributed by atoms with Crippen LogP contribution < -0.4 is 0 Å². The Balaban J connectivity index is 4.22. The molecule has 0 bridgehead atoms. The molecule has 1 unspecified atom stereocenters. The van der Waals surface area contributed by atoms with E-state index >= 15 is 0 Å². The predicted molar refractivity (Wildman–Crippen MR) is 358 cm³/mol. The van der Waals surface area contributed by atoms with Crippen LogP contribution in [0.5, 0.6) is 0 Å². The molecule has 0 saturated carbocycles. The van der Waals surface area contributed by atoms with Crippen LogP contribution in [0.4, 0.5) is 0 Å². The van der Waals surface area contributed by atoms with Crippen molar-refractivity contribution in [3.8, 4) is 0 Å². The summed E-state index contributed by atoms with van der Waals surface area (Å²) in [5.74, 6) is -0.865. The largest absolute Gasteiger partial charge is 0.462 e. The van der Waals surface area contributed by atoms with Gasteiger partial charge in [0.25, 0.3) is 0 Å². The molecule has 0 spiro atoms. The standard InChI is InChI=1S/C76H140O6/c1-4-7-10-13-16-19-22-25-28-30-32-34-35-36-37-38-39-40-41-43-44-46-48-51-54-57-60-63-66-69-75(78)81-72-73(71-80-74(77)68-65-62-59-56-53-50-27-24-21-18-15-12-9-6-3)82-76(79)70-67-64-61-58-55-52-49-47-45-42-33-31-29-26-23-20-17-14-11-8-5-2/h15,18,24,27,30-33,73H,4-14,16-17,19-23,25-26,28-29,34-72H2,1-3H3/b18-15-,27-24-,32-30-,33-31-. The zero-order chi connectivity index (χ0) is 59.2. The number of hydrogen-bond donors (Lipinski definition) is 0. The summed E-state index contributed by atoms with van der Waals surface area (Å²) in [7, 11) is 0. The Morgan fingerprint density at radius 1 is 0.244 bits per heavy atom. The van der Waals surface area contributed by atoms with E-state index < -0.39 is 6.10 Å². The number of esters is 3. The topological polar surface area (TPSA) is 78.9 Å². The van der Waals surface area contributed by atoms with Crippen molar-refractivity contribution >= 4 is 17.9 Å². The highest BCUT2D eigenvalue weighted by molar-refractivity contribution is 5.71. The summed E-state index contributed by atoms with van der Waals surface area (Å²) < 4.78 is 17.0. The lowest BCUT2D eigenvalue weighted by Gasteiger charge is -2.18. The lowest BCUT2D eigenvalue weighted by atomic mass is 10.0. The Morgan fingerprint density at radius 3 is 0.720 bits per heavy atom. The van der Waals surface area contributed by atoms with E-state index in [0.29, 0.717) is 19.3 Å². The molecule has 6 heteroatoms. The molecule has 0 aliphatic rings. The Hall–Kier alpha value is -2.63. The van der Waals surface area contributed by atoms with E-state index in [9.17, 15) is 14.4 Å². The first-order chi connectivity index (χ1) is 40.5. The molecule has 0 aromatic heterocycles. The van der Waals surface area contributed by atoms with Crippen molar-refractivity contribution in [1.82, 2.24) is 0 Å². The van der Waals surface area contributed by atoms with E-state index in [0.717, 1.165) is 77.0 Å². The SMILES string of the molecule is CCCC/C=C\C/C=C\CCCCCCCC(=O)OCC(COC(=O)CCCCCCCCCCCCCCCCCCC/C=C\CCCCCCCCCC)OC(=O)CCCCCCCCCCC/C=C\CCCCCCCCCC. The summed E-state index contributed by atoms with van der Waals surface area (Å²) in [4.78, 5) is 38.5. The van der Waals surface area contributed by atoms with Crippen molar-refractivity contribution in [2.45, 2.75) is 406 Å². The summed E-state index contributed by atoms with van der Waals surface area (Å²) in [6.45, 7) is 6.65. The minimum absolute atomic E-state index is 0.0746. The Labute approximate surface area is 511 Å². The van der Waals surface area contributed by atoms with Crippen molar-refractivity contribution < 1.29 is 28.6 Å². The van der Waals surface area contributed by atoms with Gasteiger partial charge in [0.1, 0.15) is 13.2 Å². The van der Waals surface area contributed by atoms with Gasteiger partial charge >= 0.3 is 17.9 Å². The minimum atomic E-state index is -0.780. The molecule has 480 valence electrons. The molecule has 0 fully saturated rings. The van der Waals surface area contributed by atoms with Crippen LogP contribution in [0.15, 0.2) is 48.6 Å². The first kappa shape index (κ1) is 79.4. The highest BCUT2D eigenvalue weighted by atomic mass is 16.6. The van der Waals surface area contributed by atoms with Crippen LogP contribution in [0, 0.1) is 0 Å². The summed E-state index contributed by atoms with van der Waals surface area (Å²) in [6, 6.07) is 0. The molecule has 0 amide bonds. The number of unbranched alkanes of at least 4 members (excludes halogenated alkanes) is 49. The van der Waals surface area contributed by atoms with Crippen LogP contribution in [-0.4, -0.2) is 37.2 Å². The molecule has 0 aliphatic carbocycles. The Morgan fingerprint density at radius 2 is 0.451 bits per heavy atom. The first-order valence-electron chi connectivity index (χ1n) is 36.6. The second kappa shape index (κ2) is 70.9. The fraction of sp³-hybridized carbons (Fsp3) is 0.855.